The molecule has 0 saturated carbocycles. The molecule has 0 bridgehead atoms. The van der Waals surface area contributed by atoms with Gasteiger partial charge in [0.05, 0.1) is 6.54 Å². The summed E-state index contributed by atoms with van der Waals surface area (Å²) in [6.45, 7) is 3.12. The zero-order chi connectivity index (χ0) is 15.2. The van der Waals surface area contributed by atoms with Crippen molar-refractivity contribution in [2.75, 3.05) is 39.8 Å². The number of carbonyl (C=O) groups is 1. The zero-order valence-electron chi connectivity index (χ0n) is 12.7. The molecule has 2 aliphatic heterocycles. The van der Waals surface area contributed by atoms with Crippen LogP contribution in [0.15, 0.2) is 0 Å². The molecule has 0 spiro atoms. The lowest BCUT2D eigenvalue weighted by Gasteiger charge is -2.33. The molecule has 2 rings (SSSR count). The van der Waals surface area contributed by atoms with Crippen molar-refractivity contribution in [1.29, 1.82) is 0 Å². The predicted molar refractivity (Wildman–Crippen MR) is 77.7 cm³/mol. The summed E-state index contributed by atoms with van der Waals surface area (Å²) in [6.07, 6.45) is 1.18. The Balaban J connectivity index is 1.63. The van der Waals surface area contributed by atoms with Gasteiger partial charge in [-0.25, -0.2) is 13.6 Å². The van der Waals surface area contributed by atoms with Gasteiger partial charge in [0.1, 0.15) is 0 Å². The Kier molecular flexibility index (Phi) is 6.17. The highest BCUT2D eigenvalue weighted by Gasteiger charge is 2.24. The van der Waals surface area contributed by atoms with E-state index in [0.717, 1.165) is 38.8 Å². The van der Waals surface area contributed by atoms with Crippen molar-refractivity contribution in [2.24, 2.45) is 0 Å². The van der Waals surface area contributed by atoms with Crippen LogP contribution in [0, 0.1) is 0 Å². The molecule has 0 aromatic carbocycles. The van der Waals surface area contributed by atoms with Crippen LogP contribution in [0.3, 0.4) is 0 Å². The molecule has 21 heavy (non-hydrogen) atoms. The Bertz CT molecular complexity index is 327. The van der Waals surface area contributed by atoms with Crippen molar-refractivity contribution in [3.63, 3.8) is 0 Å². The van der Waals surface area contributed by atoms with Crippen LogP contribution in [-0.2, 0) is 0 Å². The molecule has 7 heteroatoms. The lowest BCUT2D eigenvalue weighted by atomic mass is 10.0. The Morgan fingerprint density at radius 2 is 1.52 bits per heavy atom. The summed E-state index contributed by atoms with van der Waals surface area (Å²) >= 11 is 0. The van der Waals surface area contributed by atoms with Crippen LogP contribution in [0.5, 0.6) is 0 Å². The zero-order valence-corrected chi connectivity index (χ0v) is 12.7. The first-order valence-electron chi connectivity index (χ1n) is 7.79. The van der Waals surface area contributed by atoms with Crippen LogP contribution in [0.4, 0.5) is 13.6 Å². The van der Waals surface area contributed by atoms with Gasteiger partial charge < -0.3 is 15.5 Å². The van der Waals surface area contributed by atoms with Crippen LogP contribution < -0.4 is 10.6 Å². The van der Waals surface area contributed by atoms with Gasteiger partial charge >= 0.3 is 6.03 Å². The lowest BCUT2D eigenvalue weighted by Crippen LogP contribution is -2.52. The molecule has 2 fully saturated rings. The number of nitrogens with zero attached hydrogens (tertiary/aromatic N) is 2. The summed E-state index contributed by atoms with van der Waals surface area (Å²) in [5.74, 6) is 0. The van der Waals surface area contributed by atoms with E-state index in [-0.39, 0.29) is 24.7 Å². The van der Waals surface area contributed by atoms with E-state index in [1.807, 2.05) is 0 Å². The minimum absolute atomic E-state index is 0.102. The second-order valence-electron chi connectivity index (χ2n) is 6.16. The van der Waals surface area contributed by atoms with Gasteiger partial charge in [-0.05, 0) is 45.8 Å². The molecule has 5 nitrogen and oxygen atoms in total. The second kappa shape index (κ2) is 7.89. The van der Waals surface area contributed by atoms with Crippen molar-refractivity contribution in [1.82, 2.24) is 20.4 Å². The number of alkyl halides is 2. The van der Waals surface area contributed by atoms with E-state index in [4.69, 9.17) is 0 Å². The molecule has 0 aromatic heterocycles. The molecular weight excluding hydrogens is 278 g/mol. The number of halogens is 2. The maximum atomic E-state index is 12.3. The van der Waals surface area contributed by atoms with Crippen molar-refractivity contribution < 1.29 is 13.6 Å². The molecule has 0 aliphatic carbocycles. The van der Waals surface area contributed by atoms with Crippen LogP contribution in [0.25, 0.3) is 0 Å². The first kappa shape index (κ1) is 16.4. The molecule has 122 valence electrons. The van der Waals surface area contributed by atoms with Crippen LogP contribution in [0.2, 0.25) is 0 Å². The van der Waals surface area contributed by atoms with E-state index >= 15 is 0 Å². The van der Waals surface area contributed by atoms with Gasteiger partial charge in [0.15, 0.2) is 0 Å². The highest BCUT2D eigenvalue weighted by molar-refractivity contribution is 5.74. The topological polar surface area (TPSA) is 47.6 Å². The van der Waals surface area contributed by atoms with Gasteiger partial charge in [-0.3, -0.25) is 4.90 Å². The van der Waals surface area contributed by atoms with Crippen molar-refractivity contribution in [2.45, 2.75) is 44.2 Å². The monoisotopic (exact) mass is 304 g/mol. The Labute approximate surface area is 125 Å². The third-order valence-corrected chi connectivity index (χ3v) is 4.37. The van der Waals surface area contributed by atoms with Gasteiger partial charge in [0.2, 0.25) is 0 Å². The number of urea groups is 1. The third-order valence-electron chi connectivity index (χ3n) is 4.37. The fraction of sp³-hybridized carbons (Fsp3) is 0.929. The third kappa shape index (κ3) is 5.74. The normalized spacial score (nSPS) is 23.4. The SMILES string of the molecule is CN1CCC(NC(=O)NC2CCN(CC(F)F)CC2)CC1. The Hall–Kier alpha value is -0.950. The van der Waals surface area contributed by atoms with E-state index in [2.05, 4.69) is 22.6 Å². The maximum Gasteiger partial charge on any atom is 0.315 e. The molecule has 2 aliphatic rings. The van der Waals surface area contributed by atoms with Gasteiger partial charge in [-0.15, -0.1) is 0 Å². The Morgan fingerprint density at radius 1 is 1.05 bits per heavy atom. The fourth-order valence-corrected chi connectivity index (χ4v) is 3.02. The molecular formula is C14H26F2N4O. The Morgan fingerprint density at radius 3 is 2.00 bits per heavy atom. The summed E-state index contributed by atoms with van der Waals surface area (Å²) < 4.78 is 24.6. The number of piperidine rings is 2. The van der Waals surface area contributed by atoms with E-state index < -0.39 is 6.43 Å². The standard InChI is InChI=1S/C14H26F2N4O/c1-19-6-2-11(3-7-19)17-14(21)18-12-4-8-20(9-5-12)10-13(15)16/h11-13H,2-10H2,1H3,(H2,17,18,21). The first-order valence-corrected chi connectivity index (χ1v) is 7.79. The summed E-state index contributed by atoms with van der Waals surface area (Å²) in [5.41, 5.74) is 0. The number of hydrogen-bond acceptors (Lipinski definition) is 3. The van der Waals surface area contributed by atoms with Crippen LogP contribution in [0.1, 0.15) is 25.7 Å². The number of rotatable bonds is 4. The summed E-state index contributed by atoms with van der Waals surface area (Å²) in [7, 11) is 2.09. The summed E-state index contributed by atoms with van der Waals surface area (Å²) in [4.78, 5) is 16.0. The minimum atomic E-state index is -2.28. The largest absolute Gasteiger partial charge is 0.335 e. The second-order valence-corrected chi connectivity index (χ2v) is 6.16. The van der Waals surface area contributed by atoms with E-state index in [0.29, 0.717) is 13.1 Å². The molecule has 2 N–H and O–H groups in total. The molecule has 2 saturated heterocycles. The van der Waals surface area contributed by atoms with E-state index in [1.54, 1.807) is 4.90 Å². The smallest absolute Gasteiger partial charge is 0.315 e. The molecule has 0 radical (unpaired) electrons. The number of carbonyl (C=O) groups excluding carboxylic acids is 1. The number of amides is 2. The number of nitrogens with one attached hydrogen (secondary N) is 2. The highest BCUT2D eigenvalue weighted by Crippen LogP contribution is 2.12. The average Bonchev–Trinajstić information content (AvgIpc) is 2.43. The summed E-state index contributed by atoms with van der Waals surface area (Å²) in [5, 5.41) is 5.99. The van der Waals surface area contributed by atoms with Crippen molar-refractivity contribution in [3.8, 4) is 0 Å². The van der Waals surface area contributed by atoms with Gasteiger partial charge in [0.25, 0.3) is 6.43 Å². The van der Waals surface area contributed by atoms with Gasteiger partial charge in [0, 0.05) is 25.2 Å². The quantitative estimate of drug-likeness (QED) is 0.818. The van der Waals surface area contributed by atoms with E-state index in [1.165, 1.54) is 0 Å². The van der Waals surface area contributed by atoms with Gasteiger partial charge in [-0.2, -0.15) is 0 Å². The minimum Gasteiger partial charge on any atom is -0.335 e. The molecule has 0 unspecified atom stereocenters. The maximum absolute atomic E-state index is 12.3. The highest BCUT2D eigenvalue weighted by atomic mass is 19.3. The number of likely N-dealkylation sites (tertiary alicyclic amines) is 2. The van der Waals surface area contributed by atoms with Gasteiger partial charge in [-0.1, -0.05) is 0 Å². The molecule has 0 aromatic rings. The van der Waals surface area contributed by atoms with Crippen molar-refractivity contribution in [3.05, 3.63) is 0 Å². The van der Waals surface area contributed by atoms with Crippen LogP contribution in [-0.4, -0.2) is 74.1 Å². The van der Waals surface area contributed by atoms with E-state index in [9.17, 15) is 13.6 Å². The molecule has 2 heterocycles. The number of hydrogen-bond donors (Lipinski definition) is 2. The summed E-state index contributed by atoms with van der Waals surface area (Å²) in [6, 6.07) is 0.238. The first-order chi connectivity index (χ1) is 10.0. The predicted octanol–water partition coefficient (Wildman–Crippen LogP) is 1.11. The molecule has 0 atom stereocenters. The van der Waals surface area contributed by atoms with Crippen molar-refractivity contribution >= 4 is 6.03 Å². The average molecular weight is 304 g/mol. The fourth-order valence-electron chi connectivity index (χ4n) is 3.02. The molecule has 2 amide bonds. The van der Waals surface area contributed by atoms with Crippen LogP contribution >= 0.6 is 0 Å². The lowest BCUT2D eigenvalue weighted by molar-refractivity contribution is 0.0736.